The van der Waals surface area contributed by atoms with Crippen molar-refractivity contribution < 1.29 is 14.4 Å². The third-order valence-electron chi connectivity index (χ3n) is 5.69. The predicted octanol–water partition coefficient (Wildman–Crippen LogP) is 1.70. The van der Waals surface area contributed by atoms with Crippen LogP contribution in [0.25, 0.3) is 0 Å². The average Bonchev–Trinajstić information content (AvgIpc) is 3.09. The Morgan fingerprint density at radius 2 is 1.96 bits per heavy atom. The molecular weight excluding hydrogens is 356 g/mol. The molecule has 2 fully saturated rings. The Morgan fingerprint density at radius 1 is 1.25 bits per heavy atom. The van der Waals surface area contributed by atoms with Crippen LogP contribution in [0, 0.1) is 11.8 Å². The van der Waals surface area contributed by atoms with Gasteiger partial charge in [-0.1, -0.05) is 0 Å². The summed E-state index contributed by atoms with van der Waals surface area (Å²) < 4.78 is 0. The molecule has 3 heterocycles. The number of piperidine rings is 1. The predicted molar refractivity (Wildman–Crippen MR) is 105 cm³/mol. The van der Waals surface area contributed by atoms with Crippen molar-refractivity contribution in [3.63, 3.8) is 0 Å². The summed E-state index contributed by atoms with van der Waals surface area (Å²) in [7, 11) is 0. The highest BCUT2D eigenvalue weighted by Gasteiger charge is 2.41. The van der Waals surface area contributed by atoms with E-state index >= 15 is 0 Å². The first kappa shape index (κ1) is 20.3. The molecule has 0 bridgehead atoms. The third-order valence-corrected chi connectivity index (χ3v) is 5.69. The zero-order valence-electron chi connectivity index (χ0n) is 17.0. The van der Waals surface area contributed by atoms with E-state index in [0.717, 1.165) is 12.8 Å². The fraction of sp³-hybridized carbons (Fsp3) is 0.619. The highest BCUT2D eigenvalue weighted by Crippen LogP contribution is 2.28. The number of carbonyl (C=O) groups is 3. The lowest BCUT2D eigenvalue weighted by Gasteiger charge is -2.34. The summed E-state index contributed by atoms with van der Waals surface area (Å²) in [6.45, 7) is 8.51. The van der Waals surface area contributed by atoms with Gasteiger partial charge in [-0.25, -0.2) is 0 Å². The summed E-state index contributed by atoms with van der Waals surface area (Å²) in [6, 6.07) is 3.49. The van der Waals surface area contributed by atoms with Crippen LogP contribution in [-0.2, 0) is 9.59 Å². The minimum atomic E-state index is -0.244. The van der Waals surface area contributed by atoms with Gasteiger partial charge in [0.05, 0.1) is 11.5 Å². The van der Waals surface area contributed by atoms with E-state index in [0.29, 0.717) is 44.1 Å². The fourth-order valence-corrected chi connectivity index (χ4v) is 3.97. The smallest absolute Gasteiger partial charge is 0.252 e. The summed E-state index contributed by atoms with van der Waals surface area (Å²) in [6.07, 6.45) is 5.24. The molecule has 2 aliphatic heterocycles. The Bertz CT molecular complexity index is 721. The van der Waals surface area contributed by atoms with Crippen LogP contribution in [0.2, 0.25) is 0 Å². The summed E-state index contributed by atoms with van der Waals surface area (Å²) in [5, 5.41) is 2.96. The van der Waals surface area contributed by atoms with Crippen LogP contribution in [-0.4, -0.2) is 64.2 Å². The second-order valence-electron chi connectivity index (χ2n) is 8.80. The van der Waals surface area contributed by atoms with E-state index in [1.54, 1.807) is 24.5 Å². The maximum absolute atomic E-state index is 12.8. The summed E-state index contributed by atoms with van der Waals surface area (Å²) in [5.41, 5.74) is 0.315. The van der Waals surface area contributed by atoms with Gasteiger partial charge in [0.1, 0.15) is 0 Å². The van der Waals surface area contributed by atoms with Gasteiger partial charge >= 0.3 is 0 Å². The monoisotopic (exact) mass is 386 g/mol. The number of carbonyl (C=O) groups excluding carboxylic acids is 3. The highest BCUT2D eigenvalue weighted by atomic mass is 16.2. The van der Waals surface area contributed by atoms with E-state index in [9.17, 15) is 14.4 Å². The number of nitrogens with one attached hydrogen (secondary N) is 1. The molecule has 1 N–H and O–H groups in total. The van der Waals surface area contributed by atoms with Gasteiger partial charge < -0.3 is 15.1 Å². The van der Waals surface area contributed by atoms with Crippen molar-refractivity contribution in [2.75, 3.05) is 26.2 Å². The van der Waals surface area contributed by atoms with Gasteiger partial charge in [0.25, 0.3) is 5.91 Å². The lowest BCUT2D eigenvalue weighted by Crippen LogP contribution is -2.46. The van der Waals surface area contributed by atoms with Crippen LogP contribution < -0.4 is 5.32 Å². The lowest BCUT2D eigenvalue weighted by molar-refractivity contribution is -0.137. The van der Waals surface area contributed by atoms with E-state index in [2.05, 4.69) is 10.3 Å². The third kappa shape index (κ3) is 4.69. The van der Waals surface area contributed by atoms with E-state index in [1.807, 2.05) is 30.6 Å². The molecule has 0 aliphatic carbocycles. The molecule has 7 heteroatoms. The zero-order valence-corrected chi connectivity index (χ0v) is 17.0. The van der Waals surface area contributed by atoms with Crippen LogP contribution in [0.3, 0.4) is 0 Å². The van der Waals surface area contributed by atoms with Crippen LogP contribution in [0.1, 0.15) is 50.4 Å². The van der Waals surface area contributed by atoms with Crippen molar-refractivity contribution in [2.24, 2.45) is 11.8 Å². The first-order valence-electron chi connectivity index (χ1n) is 10.0. The largest absolute Gasteiger partial charge is 0.352 e. The molecule has 28 heavy (non-hydrogen) atoms. The lowest BCUT2D eigenvalue weighted by atomic mass is 9.95. The van der Waals surface area contributed by atoms with Crippen molar-refractivity contribution in [1.29, 1.82) is 0 Å². The molecule has 0 aromatic carbocycles. The summed E-state index contributed by atoms with van der Waals surface area (Å²) >= 11 is 0. The Hall–Kier alpha value is -2.44. The zero-order chi connectivity index (χ0) is 20.3. The van der Waals surface area contributed by atoms with Gasteiger partial charge in [-0.2, -0.15) is 0 Å². The van der Waals surface area contributed by atoms with E-state index < -0.39 is 0 Å². The Balaban J connectivity index is 1.44. The summed E-state index contributed by atoms with van der Waals surface area (Å²) in [4.78, 5) is 44.9. The van der Waals surface area contributed by atoms with Crippen molar-refractivity contribution in [2.45, 2.75) is 45.6 Å². The van der Waals surface area contributed by atoms with Crippen LogP contribution in [0.15, 0.2) is 24.5 Å². The number of nitrogens with zero attached hydrogens (tertiary/aromatic N) is 3. The Labute approximate surface area is 166 Å². The van der Waals surface area contributed by atoms with Gasteiger partial charge in [-0.05, 0) is 51.7 Å². The average molecular weight is 386 g/mol. The van der Waals surface area contributed by atoms with Crippen molar-refractivity contribution in [3.8, 4) is 0 Å². The standard InChI is InChI=1S/C21H30N4O3/c1-21(2,3)25-14-17(11-18(25)26)20(28)24-9-6-15(7-10-24)12-23-19(27)16-5-4-8-22-13-16/h4-5,8,13,15,17H,6-7,9-12,14H2,1-3H3,(H,23,27). The molecule has 1 aromatic rings. The number of pyridine rings is 1. The second kappa shape index (κ2) is 8.29. The number of amides is 3. The molecule has 1 aromatic heterocycles. The second-order valence-corrected chi connectivity index (χ2v) is 8.80. The number of likely N-dealkylation sites (tertiary alicyclic amines) is 2. The van der Waals surface area contributed by atoms with E-state index in [-0.39, 0.29) is 29.2 Å². The van der Waals surface area contributed by atoms with Crippen molar-refractivity contribution in [3.05, 3.63) is 30.1 Å². The quantitative estimate of drug-likeness (QED) is 0.854. The highest BCUT2D eigenvalue weighted by molar-refractivity contribution is 5.93. The first-order valence-corrected chi connectivity index (χ1v) is 10.0. The SMILES string of the molecule is CC(C)(C)N1CC(C(=O)N2CCC(CNC(=O)c3cccnc3)CC2)CC1=O. The van der Waals surface area contributed by atoms with Gasteiger partial charge in [0.15, 0.2) is 0 Å². The van der Waals surface area contributed by atoms with Gasteiger partial charge in [-0.3, -0.25) is 19.4 Å². The molecule has 152 valence electrons. The number of hydrogen-bond acceptors (Lipinski definition) is 4. The van der Waals surface area contributed by atoms with E-state index in [4.69, 9.17) is 0 Å². The van der Waals surface area contributed by atoms with Crippen molar-refractivity contribution >= 4 is 17.7 Å². The molecular formula is C21H30N4O3. The molecule has 7 nitrogen and oxygen atoms in total. The normalized spacial score (nSPS) is 21.1. The maximum Gasteiger partial charge on any atom is 0.252 e. The van der Waals surface area contributed by atoms with Crippen molar-refractivity contribution in [1.82, 2.24) is 20.1 Å². The van der Waals surface area contributed by atoms with Gasteiger partial charge in [-0.15, -0.1) is 0 Å². The number of rotatable bonds is 4. The summed E-state index contributed by atoms with van der Waals surface area (Å²) in [5.74, 6) is 0.185. The molecule has 0 spiro atoms. The minimum absolute atomic E-state index is 0.0684. The molecule has 1 unspecified atom stereocenters. The maximum atomic E-state index is 12.8. The topological polar surface area (TPSA) is 82.6 Å². The first-order chi connectivity index (χ1) is 13.3. The molecule has 3 amide bonds. The molecule has 2 aliphatic rings. The Kier molecular flexibility index (Phi) is 6.01. The fourth-order valence-electron chi connectivity index (χ4n) is 3.97. The van der Waals surface area contributed by atoms with E-state index in [1.165, 1.54) is 0 Å². The van der Waals surface area contributed by atoms with Crippen LogP contribution in [0.5, 0.6) is 0 Å². The van der Waals surface area contributed by atoms with Gasteiger partial charge in [0.2, 0.25) is 11.8 Å². The molecule has 2 saturated heterocycles. The van der Waals surface area contributed by atoms with Gasteiger partial charge in [0, 0.05) is 50.5 Å². The molecule has 0 radical (unpaired) electrons. The number of hydrogen-bond donors (Lipinski definition) is 1. The number of aromatic nitrogens is 1. The molecule has 1 atom stereocenters. The Morgan fingerprint density at radius 3 is 2.54 bits per heavy atom. The molecule has 3 rings (SSSR count). The minimum Gasteiger partial charge on any atom is -0.352 e. The molecule has 0 saturated carbocycles. The van der Waals surface area contributed by atoms with Crippen LogP contribution >= 0.6 is 0 Å². The van der Waals surface area contributed by atoms with Crippen LogP contribution in [0.4, 0.5) is 0 Å².